The first-order valence-corrected chi connectivity index (χ1v) is 6.07. The maximum absolute atomic E-state index is 11.2. The van der Waals surface area contributed by atoms with Crippen LogP contribution in [-0.2, 0) is 11.3 Å². The normalized spacial score (nSPS) is 12.8. The molecule has 88 valence electrons. The van der Waals surface area contributed by atoms with E-state index < -0.39 is 0 Å². The lowest BCUT2D eigenvalue weighted by Gasteiger charge is -2.18. The van der Waals surface area contributed by atoms with E-state index in [4.69, 9.17) is 5.73 Å². The van der Waals surface area contributed by atoms with Gasteiger partial charge in [0.1, 0.15) is 0 Å². The van der Waals surface area contributed by atoms with E-state index >= 15 is 0 Å². The van der Waals surface area contributed by atoms with Gasteiger partial charge < -0.3 is 11.1 Å². The highest BCUT2D eigenvalue weighted by molar-refractivity contribution is 9.10. The van der Waals surface area contributed by atoms with Crippen LogP contribution in [0.1, 0.15) is 19.4 Å². The number of hydrogen-bond acceptors (Lipinski definition) is 2. The molecule has 3 nitrogen and oxygen atoms in total. The minimum atomic E-state index is -0.301. The summed E-state index contributed by atoms with van der Waals surface area (Å²) >= 11 is 3.41. The molecule has 3 N–H and O–H groups in total. The van der Waals surface area contributed by atoms with Gasteiger partial charge in [-0.1, -0.05) is 41.9 Å². The van der Waals surface area contributed by atoms with E-state index in [0.717, 1.165) is 10.0 Å². The van der Waals surface area contributed by atoms with Crippen molar-refractivity contribution in [3.05, 3.63) is 34.3 Å². The van der Waals surface area contributed by atoms with Crippen molar-refractivity contribution in [1.29, 1.82) is 0 Å². The van der Waals surface area contributed by atoms with E-state index in [9.17, 15) is 4.79 Å². The molecule has 0 heterocycles. The van der Waals surface area contributed by atoms with Gasteiger partial charge in [-0.3, -0.25) is 4.79 Å². The molecule has 1 atom stereocenters. The van der Waals surface area contributed by atoms with E-state index in [0.29, 0.717) is 6.54 Å². The van der Waals surface area contributed by atoms with Crippen LogP contribution >= 0.6 is 15.9 Å². The summed E-state index contributed by atoms with van der Waals surface area (Å²) < 4.78 is 1.03. The second kappa shape index (κ2) is 6.01. The lowest BCUT2D eigenvalue weighted by molar-refractivity contribution is -0.121. The van der Waals surface area contributed by atoms with Gasteiger partial charge in [0.05, 0.1) is 6.04 Å². The van der Waals surface area contributed by atoms with Crippen molar-refractivity contribution in [2.75, 3.05) is 0 Å². The van der Waals surface area contributed by atoms with Gasteiger partial charge in [0.15, 0.2) is 0 Å². The van der Waals surface area contributed by atoms with Gasteiger partial charge in [-0.2, -0.15) is 0 Å². The summed E-state index contributed by atoms with van der Waals surface area (Å²) in [5.74, 6) is -0.102. The fraction of sp³-hybridized carbons (Fsp3) is 0.417. The van der Waals surface area contributed by atoms with Crippen molar-refractivity contribution < 1.29 is 4.79 Å². The largest absolute Gasteiger partial charge is 0.368 e. The molecule has 0 bridgehead atoms. The molecule has 0 aliphatic heterocycles. The molecule has 1 unspecified atom stereocenters. The third kappa shape index (κ3) is 3.94. The predicted molar refractivity (Wildman–Crippen MR) is 68.8 cm³/mol. The van der Waals surface area contributed by atoms with E-state index in [1.807, 2.05) is 38.1 Å². The first-order valence-electron chi connectivity index (χ1n) is 5.28. The minimum absolute atomic E-state index is 0.199. The number of hydrogen-bond donors (Lipinski definition) is 2. The Bertz CT molecular complexity index is 366. The highest BCUT2D eigenvalue weighted by Gasteiger charge is 2.18. The summed E-state index contributed by atoms with van der Waals surface area (Å²) in [6.45, 7) is 4.60. The number of benzene rings is 1. The Balaban J connectivity index is 2.59. The van der Waals surface area contributed by atoms with Crippen molar-refractivity contribution in [3.8, 4) is 0 Å². The predicted octanol–water partition coefficient (Wildman–Crippen LogP) is 2.05. The zero-order valence-corrected chi connectivity index (χ0v) is 11.1. The van der Waals surface area contributed by atoms with Crippen LogP contribution in [0.5, 0.6) is 0 Å². The third-order valence-electron chi connectivity index (χ3n) is 2.39. The highest BCUT2D eigenvalue weighted by atomic mass is 79.9. The molecule has 0 spiro atoms. The van der Waals surface area contributed by atoms with E-state index in [1.165, 1.54) is 0 Å². The Morgan fingerprint density at radius 1 is 1.50 bits per heavy atom. The van der Waals surface area contributed by atoms with Gasteiger partial charge in [-0.15, -0.1) is 0 Å². The van der Waals surface area contributed by atoms with E-state index in [2.05, 4.69) is 21.2 Å². The smallest absolute Gasteiger partial charge is 0.234 e. The summed E-state index contributed by atoms with van der Waals surface area (Å²) in [6, 6.07) is 7.69. The van der Waals surface area contributed by atoms with Gasteiger partial charge in [0.2, 0.25) is 5.91 Å². The second-order valence-corrected chi connectivity index (χ2v) is 5.05. The molecular formula is C12H17BrN2O. The molecule has 0 aromatic heterocycles. The van der Waals surface area contributed by atoms with Crippen LogP contribution in [0.15, 0.2) is 28.7 Å². The Hall–Kier alpha value is -0.870. The standard InChI is InChI=1S/C12H17BrN2O/c1-8(2)11(12(14)16)15-7-9-4-3-5-10(13)6-9/h3-6,8,11,15H,7H2,1-2H3,(H2,14,16). The molecule has 1 aromatic carbocycles. The minimum Gasteiger partial charge on any atom is -0.368 e. The number of nitrogens with one attached hydrogen (secondary N) is 1. The number of nitrogens with two attached hydrogens (primary N) is 1. The summed E-state index contributed by atoms with van der Waals surface area (Å²) in [5, 5.41) is 3.17. The Labute approximate surface area is 105 Å². The van der Waals surface area contributed by atoms with Crippen LogP contribution in [0.2, 0.25) is 0 Å². The van der Waals surface area contributed by atoms with Gasteiger partial charge >= 0.3 is 0 Å². The molecular weight excluding hydrogens is 268 g/mol. The monoisotopic (exact) mass is 284 g/mol. The summed E-state index contributed by atoms with van der Waals surface area (Å²) in [7, 11) is 0. The maximum atomic E-state index is 11.2. The van der Waals surface area contributed by atoms with Crippen molar-refractivity contribution in [2.24, 2.45) is 11.7 Å². The van der Waals surface area contributed by atoms with E-state index in [1.54, 1.807) is 0 Å². The maximum Gasteiger partial charge on any atom is 0.234 e. The van der Waals surface area contributed by atoms with Crippen LogP contribution in [0.25, 0.3) is 0 Å². The molecule has 0 fully saturated rings. The first kappa shape index (κ1) is 13.2. The van der Waals surface area contributed by atoms with Crippen LogP contribution in [0.4, 0.5) is 0 Å². The Morgan fingerprint density at radius 2 is 2.19 bits per heavy atom. The average molecular weight is 285 g/mol. The lowest BCUT2D eigenvalue weighted by Crippen LogP contribution is -2.44. The second-order valence-electron chi connectivity index (χ2n) is 4.13. The zero-order chi connectivity index (χ0) is 12.1. The molecule has 0 saturated heterocycles. The molecule has 1 aromatic rings. The van der Waals surface area contributed by atoms with Crippen molar-refractivity contribution in [3.63, 3.8) is 0 Å². The molecule has 0 aliphatic rings. The Morgan fingerprint density at radius 3 is 2.69 bits per heavy atom. The average Bonchev–Trinajstić information content (AvgIpc) is 2.16. The molecule has 0 saturated carbocycles. The SMILES string of the molecule is CC(C)C(NCc1cccc(Br)c1)C(N)=O. The molecule has 0 radical (unpaired) electrons. The third-order valence-corrected chi connectivity index (χ3v) is 2.88. The van der Waals surface area contributed by atoms with Crippen LogP contribution in [-0.4, -0.2) is 11.9 Å². The number of halogens is 1. The van der Waals surface area contributed by atoms with Crippen molar-refractivity contribution in [2.45, 2.75) is 26.4 Å². The number of carbonyl (C=O) groups is 1. The molecule has 4 heteroatoms. The summed E-state index contributed by atoms with van der Waals surface area (Å²) in [6.07, 6.45) is 0. The van der Waals surface area contributed by atoms with Crippen molar-refractivity contribution in [1.82, 2.24) is 5.32 Å². The summed E-state index contributed by atoms with van der Waals surface area (Å²) in [5.41, 5.74) is 6.45. The van der Waals surface area contributed by atoms with Gasteiger partial charge in [0, 0.05) is 11.0 Å². The first-order chi connectivity index (χ1) is 7.50. The zero-order valence-electron chi connectivity index (χ0n) is 9.53. The molecule has 1 rings (SSSR count). The molecule has 16 heavy (non-hydrogen) atoms. The fourth-order valence-electron chi connectivity index (χ4n) is 1.54. The van der Waals surface area contributed by atoms with E-state index in [-0.39, 0.29) is 17.9 Å². The topological polar surface area (TPSA) is 55.1 Å². The van der Waals surface area contributed by atoms with Crippen LogP contribution in [0.3, 0.4) is 0 Å². The number of primary amides is 1. The molecule has 0 aliphatic carbocycles. The van der Waals surface area contributed by atoms with Crippen LogP contribution in [0, 0.1) is 5.92 Å². The molecule has 1 amide bonds. The number of amides is 1. The quantitative estimate of drug-likeness (QED) is 0.870. The van der Waals surface area contributed by atoms with Crippen LogP contribution < -0.4 is 11.1 Å². The Kier molecular flexibility index (Phi) is 4.96. The number of carbonyl (C=O) groups excluding carboxylic acids is 1. The van der Waals surface area contributed by atoms with Gasteiger partial charge in [0.25, 0.3) is 0 Å². The lowest BCUT2D eigenvalue weighted by atomic mass is 10.0. The van der Waals surface area contributed by atoms with Crippen molar-refractivity contribution >= 4 is 21.8 Å². The van der Waals surface area contributed by atoms with Gasteiger partial charge in [-0.05, 0) is 23.6 Å². The summed E-state index contributed by atoms with van der Waals surface area (Å²) in [4.78, 5) is 11.2. The fourth-order valence-corrected chi connectivity index (χ4v) is 1.99. The number of rotatable bonds is 5. The highest BCUT2D eigenvalue weighted by Crippen LogP contribution is 2.12. The van der Waals surface area contributed by atoms with Gasteiger partial charge in [-0.25, -0.2) is 0 Å².